The van der Waals surface area contributed by atoms with Gasteiger partial charge in [-0.05, 0) is 43.9 Å². The van der Waals surface area contributed by atoms with Crippen LogP contribution < -0.4 is 20.5 Å². The maximum atomic E-state index is 11.7. The van der Waals surface area contributed by atoms with Crippen LogP contribution in [0.4, 0.5) is 0 Å². The van der Waals surface area contributed by atoms with Gasteiger partial charge in [-0.15, -0.1) is 0 Å². The van der Waals surface area contributed by atoms with E-state index in [0.717, 1.165) is 17.7 Å². The minimum Gasteiger partial charge on any atom is -0.493 e. The van der Waals surface area contributed by atoms with Crippen molar-refractivity contribution in [2.45, 2.75) is 46.2 Å². The number of nitrogens with two attached hydrogens (primary N) is 1. The Bertz CT molecular complexity index is 487. The van der Waals surface area contributed by atoms with Gasteiger partial charge in [-0.3, -0.25) is 4.79 Å². The molecular formula is C17H28N2O3. The van der Waals surface area contributed by atoms with E-state index in [9.17, 15) is 4.79 Å². The molecule has 0 radical (unpaired) electrons. The topological polar surface area (TPSA) is 73.6 Å². The highest BCUT2D eigenvalue weighted by atomic mass is 16.5. The Balaban J connectivity index is 2.76. The van der Waals surface area contributed by atoms with Crippen molar-refractivity contribution in [2.24, 2.45) is 11.7 Å². The Labute approximate surface area is 133 Å². The van der Waals surface area contributed by atoms with Gasteiger partial charge in [0.05, 0.1) is 25.8 Å². The van der Waals surface area contributed by atoms with Gasteiger partial charge in [0.2, 0.25) is 5.91 Å². The van der Waals surface area contributed by atoms with E-state index in [1.54, 1.807) is 14.0 Å². The monoisotopic (exact) mass is 308 g/mol. The second kappa shape index (κ2) is 8.63. The smallest absolute Gasteiger partial charge is 0.237 e. The highest BCUT2D eigenvalue weighted by Crippen LogP contribution is 2.30. The van der Waals surface area contributed by atoms with Gasteiger partial charge in [-0.25, -0.2) is 0 Å². The minimum atomic E-state index is -0.525. The highest BCUT2D eigenvalue weighted by Gasteiger charge is 2.15. The number of benzene rings is 1. The summed E-state index contributed by atoms with van der Waals surface area (Å²) in [5, 5.41) is 2.86. The van der Waals surface area contributed by atoms with Gasteiger partial charge in [0.15, 0.2) is 11.5 Å². The second-order valence-electron chi connectivity index (χ2n) is 5.96. The van der Waals surface area contributed by atoms with E-state index in [0.29, 0.717) is 18.3 Å². The van der Waals surface area contributed by atoms with Crippen molar-refractivity contribution in [1.29, 1.82) is 0 Å². The van der Waals surface area contributed by atoms with Crippen molar-refractivity contribution >= 4 is 5.91 Å². The van der Waals surface area contributed by atoms with Crippen molar-refractivity contribution in [3.63, 3.8) is 0 Å². The predicted molar refractivity (Wildman–Crippen MR) is 88.2 cm³/mol. The van der Waals surface area contributed by atoms with Crippen molar-refractivity contribution in [1.82, 2.24) is 5.32 Å². The summed E-state index contributed by atoms with van der Waals surface area (Å²) < 4.78 is 11.1. The molecule has 0 aromatic heterocycles. The molecular weight excluding hydrogens is 280 g/mol. The third-order valence-electron chi connectivity index (χ3n) is 3.41. The Morgan fingerprint density at radius 1 is 1.23 bits per heavy atom. The van der Waals surface area contributed by atoms with Gasteiger partial charge in [0.25, 0.3) is 0 Å². The first-order valence-corrected chi connectivity index (χ1v) is 7.71. The van der Waals surface area contributed by atoms with Crippen molar-refractivity contribution < 1.29 is 14.3 Å². The molecule has 1 aromatic rings. The van der Waals surface area contributed by atoms with Crippen LogP contribution in [-0.4, -0.2) is 25.7 Å². The summed E-state index contributed by atoms with van der Waals surface area (Å²) in [6.07, 6.45) is 0.992. The van der Waals surface area contributed by atoms with Gasteiger partial charge < -0.3 is 20.5 Å². The summed E-state index contributed by atoms with van der Waals surface area (Å²) in [5.74, 6) is 1.81. The van der Waals surface area contributed by atoms with Crippen molar-refractivity contribution in [3.8, 4) is 11.5 Å². The van der Waals surface area contributed by atoms with Crippen LogP contribution in [0.15, 0.2) is 18.2 Å². The summed E-state index contributed by atoms with van der Waals surface area (Å²) in [6, 6.07) is 5.03. The molecule has 0 aliphatic heterocycles. The van der Waals surface area contributed by atoms with Gasteiger partial charge >= 0.3 is 0 Å². The Morgan fingerprint density at radius 2 is 1.91 bits per heavy atom. The first kappa shape index (κ1) is 18.3. The number of hydrogen-bond donors (Lipinski definition) is 2. The molecule has 0 bridgehead atoms. The quantitative estimate of drug-likeness (QED) is 0.774. The standard InChI is InChI=1S/C17H28N2O3/c1-11(2)8-9-22-15-7-6-14(10-16(15)21-5)13(4)19-17(20)12(3)18/h6-7,10-13H,8-9,18H2,1-5H3,(H,19,20)/t12-,13?/m0/s1. The zero-order valence-electron chi connectivity index (χ0n) is 14.2. The summed E-state index contributed by atoms with van der Waals surface area (Å²) in [5.41, 5.74) is 6.51. The number of rotatable bonds is 8. The van der Waals surface area contributed by atoms with E-state index in [1.165, 1.54) is 0 Å². The van der Waals surface area contributed by atoms with Crippen LogP contribution in [0.25, 0.3) is 0 Å². The van der Waals surface area contributed by atoms with Crippen LogP contribution in [0.3, 0.4) is 0 Å². The lowest BCUT2D eigenvalue weighted by Gasteiger charge is -2.18. The molecule has 124 valence electrons. The lowest BCUT2D eigenvalue weighted by atomic mass is 10.1. The Hall–Kier alpha value is -1.75. The average Bonchev–Trinajstić information content (AvgIpc) is 2.46. The minimum absolute atomic E-state index is 0.142. The largest absolute Gasteiger partial charge is 0.493 e. The molecule has 5 heteroatoms. The molecule has 2 atom stereocenters. The molecule has 0 fully saturated rings. The lowest BCUT2D eigenvalue weighted by Crippen LogP contribution is -2.39. The first-order chi connectivity index (χ1) is 10.3. The zero-order chi connectivity index (χ0) is 16.7. The molecule has 0 saturated carbocycles. The van der Waals surface area contributed by atoms with E-state index < -0.39 is 6.04 Å². The SMILES string of the molecule is COc1cc(C(C)NC(=O)[C@H](C)N)ccc1OCCC(C)C. The molecule has 1 amide bonds. The van der Waals surface area contributed by atoms with Crippen molar-refractivity contribution in [2.75, 3.05) is 13.7 Å². The fraction of sp³-hybridized carbons (Fsp3) is 0.588. The van der Waals surface area contributed by atoms with Gasteiger partial charge in [0.1, 0.15) is 0 Å². The summed E-state index contributed by atoms with van der Waals surface area (Å²) in [7, 11) is 1.61. The molecule has 0 aliphatic rings. The summed E-state index contributed by atoms with van der Waals surface area (Å²) in [4.78, 5) is 11.7. The Morgan fingerprint density at radius 3 is 2.45 bits per heavy atom. The summed E-state index contributed by atoms with van der Waals surface area (Å²) in [6.45, 7) is 8.55. The lowest BCUT2D eigenvalue weighted by molar-refractivity contribution is -0.122. The molecule has 1 aromatic carbocycles. The predicted octanol–water partition coefficient (Wildman–Crippen LogP) is 2.64. The van der Waals surface area contributed by atoms with Crippen LogP contribution in [0.1, 0.15) is 45.7 Å². The van der Waals surface area contributed by atoms with E-state index in [1.807, 2.05) is 25.1 Å². The number of amides is 1. The molecule has 1 unspecified atom stereocenters. The Kier molecular flexibility index (Phi) is 7.18. The fourth-order valence-corrected chi connectivity index (χ4v) is 1.91. The van der Waals surface area contributed by atoms with Gasteiger partial charge in [-0.2, -0.15) is 0 Å². The average molecular weight is 308 g/mol. The maximum absolute atomic E-state index is 11.7. The number of methoxy groups -OCH3 is 1. The molecule has 3 N–H and O–H groups in total. The van der Waals surface area contributed by atoms with Crippen LogP contribution in [0.2, 0.25) is 0 Å². The number of carbonyl (C=O) groups is 1. The van der Waals surface area contributed by atoms with E-state index >= 15 is 0 Å². The molecule has 22 heavy (non-hydrogen) atoms. The van der Waals surface area contributed by atoms with Gasteiger partial charge in [0, 0.05) is 0 Å². The second-order valence-corrected chi connectivity index (χ2v) is 5.96. The number of nitrogens with one attached hydrogen (secondary N) is 1. The van der Waals surface area contributed by atoms with Crippen LogP contribution in [-0.2, 0) is 4.79 Å². The third kappa shape index (κ3) is 5.56. The van der Waals surface area contributed by atoms with Crippen LogP contribution in [0, 0.1) is 5.92 Å². The maximum Gasteiger partial charge on any atom is 0.237 e. The first-order valence-electron chi connectivity index (χ1n) is 7.71. The third-order valence-corrected chi connectivity index (χ3v) is 3.41. The van der Waals surface area contributed by atoms with E-state index in [4.69, 9.17) is 15.2 Å². The summed E-state index contributed by atoms with van der Waals surface area (Å²) >= 11 is 0. The molecule has 0 heterocycles. The van der Waals surface area contributed by atoms with Gasteiger partial charge in [-0.1, -0.05) is 19.9 Å². The van der Waals surface area contributed by atoms with Crippen LogP contribution >= 0.6 is 0 Å². The number of carbonyl (C=O) groups excluding carboxylic acids is 1. The highest BCUT2D eigenvalue weighted by molar-refractivity contribution is 5.81. The zero-order valence-corrected chi connectivity index (χ0v) is 14.2. The van der Waals surface area contributed by atoms with Crippen LogP contribution in [0.5, 0.6) is 11.5 Å². The van der Waals surface area contributed by atoms with E-state index in [-0.39, 0.29) is 11.9 Å². The fourth-order valence-electron chi connectivity index (χ4n) is 1.91. The molecule has 0 spiro atoms. The number of ether oxygens (including phenoxy) is 2. The van der Waals surface area contributed by atoms with E-state index in [2.05, 4.69) is 19.2 Å². The molecule has 1 rings (SSSR count). The van der Waals surface area contributed by atoms with Crippen molar-refractivity contribution in [3.05, 3.63) is 23.8 Å². The normalized spacial score (nSPS) is 13.6. The molecule has 0 aliphatic carbocycles. The molecule has 0 saturated heterocycles. The number of hydrogen-bond acceptors (Lipinski definition) is 4. The molecule has 5 nitrogen and oxygen atoms in total.